The van der Waals surface area contributed by atoms with Crippen molar-refractivity contribution < 1.29 is 4.79 Å². The fraction of sp³-hybridized carbons (Fsp3) is 0.941. The van der Waals surface area contributed by atoms with Gasteiger partial charge in [0.15, 0.2) is 0 Å². The van der Waals surface area contributed by atoms with E-state index >= 15 is 0 Å². The highest BCUT2D eigenvalue weighted by molar-refractivity contribution is 5.84. The van der Waals surface area contributed by atoms with Gasteiger partial charge in [0.2, 0.25) is 5.91 Å². The number of primary amides is 1. The third kappa shape index (κ3) is 3.55. The van der Waals surface area contributed by atoms with E-state index in [0.29, 0.717) is 17.4 Å². The molecule has 0 spiro atoms. The van der Waals surface area contributed by atoms with Crippen LogP contribution in [0, 0.1) is 11.3 Å². The van der Waals surface area contributed by atoms with Gasteiger partial charge < -0.3 is 11.1 Å². The minimum atomic E-state index is -0.436. The molecule has 0 aromatic rings. The van der Waals surface area contributed by atoms with Crippen LogP contribution in [-0.4, -0.2) is 17.5 Å². The molecule has 0 aromatic heterocycles. The van der Waals surface area contributed by atoms with Crippen LogP contribution in [0.15, 0.2) is 0 Å². The van der Waals surface area contributed by atoms with Gasteiger partial charge >= 0.3 is 0 Å². The summed E-state index contributed by atoms with van der Waals surface area (Å²) in [4.78, 5) is 12.1. The molecule has 2 rings (SSSR count). The average Bonchev–Trinajstić information content (AvgIpc) is 2.72. The zero-order valence-electron chi connectivity index (χ0n) is 13.5. The van der Waals surface area contributed by atoms with E-state index < -0.39 is 5.54 Å². The summed E-state index contributed by atoms with van der Waals surface area (Å²) in [5.41, 5.74) is 5.70. The molecule has 2 aliphatic carbocycles. The molecule has 0 saturated heterocycles. The first-order valence-electron chi connectivity index (χ1n) is 8.41. The first kappa shape index (κ1) is 15.8. The maximum absolute atomic E-state index is 12.1. The molecule has 2 unspecified atom stereocenters. The lowest BCUT2D eigenvalue weighted by Crippen LogP contribution is -2.58. The smallest absolute Gasteiger partial charge is 0.237 e. The molecule has 0 aromatic carbocycles. The highest BCUT2D eigenvalue weighted by atomic mass is 16.1. The van der Waals surface area contributed by atoms with E-state index in [2.05, 4.69) is 26.1 Å². The lowest BCUT2D eigenvalue weighted by Gasteiger charge is -2.35. The molecule has 0 bridgehead atoms. The molecular formula is C17H32N2O. The first-order valence-corrected chi connectivity index (χ1v) is 8.41. The normalized spacial score (nSPS) is 33.0. The van der Waals surface area contributed by atoms with Gasteiger partial charge in [0.05, 0.1) is 5.54 Å². The van der Waals surface area contributed by atoms with Gasteiger partial charge in [0.25, 0.3) is 0 Å². The predicted molar refractivity (Wildman–Crippen MR) is 83.3 cm³/mol. The molecule has 20 heavy (non-hydrogen) atoms. The van der Waals surface area contributed by atoms with Crippen LogP contribution in [0.5, 0.6) is 0 Å². The van der Waals surface area contributed by atoms with E-state index in [1.807, 2.05) is 0 Å². The van der Waals surface area contributed by atoms with Crippen molar-refractivity contribution in [1.82, 2.24) is 5.32 Å². The SMILES string of the molecule is CC(C)(C)C1CCCC(NC2CCCC2)(C(N)=O)CC1. The maximum Gasteiger partial charge on any atom is 0.237 e. The Balaban J connectivity index is 2.06. The van der Waals surface area contributed by atoms with Crippen molar-refractivity contribution in [2.24, 2.45) is 17.1 Å². The van der Waals surface area contributed by atoms with Gasteiger partial charge in [-0.25, -0.2) is 0 Å². The number of nitrogens with two attached hydrogens (primary N) is 1. The van der Waals surface area contributed by atoms with Gasteiger partial charge in [0.1, 0.15) is 0 Å². The van der Waals surface area contributed by atoms with Crippen molar-refractivity contribution in [3.05, 3.63) is 0 Å². The highest BCUT2D eigenvalue weighted by Gasteiger charge is 2.41. The fourth-order valence-electron chi connectivity index (χ4n) is 4.13. The fourth-order valence-corrected chi connectivity index (χ4v) is 4.13. The topological polar surface area (TPSA) is 55.1 Å². The Kier molecular flexibility index (Phi) is 4.78. The number of carbonyl (C=O) groups excluding carboxylic acids is 1. The summed E-state index contributed by atoms with van der Waals surface area (Å²) >= 11 is 0. The quantitative estimate of drug-likeness (QED) is 0.779. The Morgan fingerprint density at radius 2 is 1.70 bits per heavy atom. The number of nitrogens with one attached hydrogen (secondary N) is 1. The van der Waals surface area contributed by atoms with E-state index in [-0.39, 0.29) is 5.91 Å². The van der Waals surface area contributed by atoms with E-state index in [9.17, 15) is 4.79 Å². The van der Waals surface area contributed by atoms with Gasteiger partial charge in [-0.3, -0.25) is 4.79 Å². The molecule has 3 heteroatoms. The second-order valence-electron chi connectivity index (χ2n) is 8.07. The minimum absolute atomic E-state index is 0.126. The second kappa shape index (κ2) is 6.05. The van der Waals surface area contributed by atoms with Gasteiger partial charge in [-0.05, 0) is 49.9 Å². The Morgan fingerprint density at radius 3 is 2.25 bits per heavy atom. The van der Waals surface area contributed by atoms with E-state index in [1.165, 1.54) is 32.1 Å². The van der Waals surface area contributed by atoms with Crippen LogP contribution in [0.25, 0.3) is 0 Å². The van der Waals surface area contributed by atoms with E-state index in [4.69, 9.17) is 5.73 Å². The van der Waals surface area contributed by atoms with Crippen LogP contribution in [0.3, 0.4) is 0 Å². The standard InChI is InChI=1S/C17H32N2O/c1-16(2,3)13-7-6-11-17(12-10-13,15(18)20)19-14-8-4-5-9-14/h13-14,19H,4-12H2,1-3H3,(H2,18,20). The molecule has 116 valence electrons. The van der Waals surface area contributed by atoms with Crippen LogP contribution in [0.1, 0.15) is 78.6 Å². The van der Waals surface area contributed by atoms with Crippen molar-refractivity contribution in [3.8, 4) is 0 Å². The Morgan fingerprint density at radius 1 is 1.05 bits per heavy atom. The highest BCUT2D eigenvalue weighted by Crippen LogP contribution is 2.40. The Bertz CT molecular complexity index is 341. The van der Waals surface area contributed by atoms with Crippen molar-refractivity contribution in [2.75, 3.05) is 0 Å². The number of hydrogen-bond donors (Lipinski definition) is 2. The molecular weight excluding hydrogens is 248 g/mol. The van der Waals surface area contributed by atoms with Gasteiger partial charge in [-0.1, -0.05) is 40.0 Å². The first-order chi connectivity index (χ1) is 9.33. The van der Waals surface area contributed by atoms with Crippen LogP contribution < -0.4 is 11.1 Å². The summed E-state index contributed by atoms with van der Waals surface area (Å²) in [7, 11) is 0. The third-order valence-electron chi connectivity index (χ3n) is 5.61. The second-order valence-corrected chi connectivity index (χ2v) is 8.07. The van der Waals surface area contributed by atoms with Gasteiger partial charge in [-0.2, -0.15) is 0 Å². The molecule has 0 aliphatic heterocycles. The maximum atomic E-state index is 12.1. The van der Waals surface area contributed by atoms with Crippen molar-refractivity contribution in [2.45, 2.75) is 90.1 Å². The summed E-state index contributed by atoms with van der Waals surface area (Å²) in [5, 5.41) is 3.67. The molecule has 3 N–H and O–H groups in total. The molecule has 2 saturated carbocycles. The summed E-state index contributed by atoms with van der Waals surface area (Å²) in [5.74, 6) is 0.577. The largest absolute Gasteiger partial charge is 0.368 e. The lowest BCUT2D eigenvalue weighted by atomic mass is 9.76. The molecule has 3 nitrogen and oxygen atoms in total. The van der Waals surface area contributed by atoms with Crippen molar-refractivity contribution in [1.29, 1.82) is 0 Å². The summed E-state index contributed by atoms with van der Waals surface area (Å²) in [6.45, 7) is 6.96. The Labute approximate surface area is 124 Å². The summed E-state index contributed by atoms with van der Waals surface area (Å²) in [6.07, 6.45) is 10.3. The van der Waals surface area contributed by atoms with Crippen molar-refractivity contribution in [3.63, 3.8) is 0 Å². The van der Waals surface area contributed by atoms with Crippen LogP contribution in [0.2, 0.25) is 0 Å². The number of rotatable bonds is 3. The zero-order valence-corrected chi connectivity index (χ0v) is 13.5. The minimum Gasteiger partial charge on any atom is -0.368 e. The monoisotopic (exact) mass is 280 g/mol. The number of carbonyl (C=O) groups is 1. The van der Waals surface area contributed by atoms with E-state index in [0.717, 1.165) is 25.7 Å². The van der Waals surface area contributed by atoms with Gasteiger partial charge in [0, 0.05) is 6.04 Å². The predicted octanol–water partition coefficient (Wildman–Crippen LogP) is 3.37. The number of amides is 1. The summed E-state index contributed by atoms with van der Waals surface area (Å²) < 4.78 is 0. The summed E-state index contributed by atoms with van der Waals surface area (Å²) in [6, 6.07) is 0.508. The zero-order chi connectivity index (χ0) is 14.8. The molecule has 0 heterocycles. The van der Waals surface area contributed by atoms with Crippen LogP contribution in [0.4, 0.5) is 0 Å². The van der Waals surface area contributed by atoms with Gasteiger partial charge in [-0.15, -0.1) is 0 Å². The van der Waals surface area contributed by atoms with Crippen LogP contribution in [-0.2, 0) is 4.79 Å². The molecule has 0 radical (unpaired) electrons. The average molecular weight is 280 g/mol. The molecule has 2 atom stereocenters. The molecule has 1 amide bonds. The Hall–Kier alpha value is -0.570. The molecule has 2 aliphatic rings. The van der Waals surface area contributed by atoms with Crippen molar-refractivity contribution >= 4 is 5.91 Å². The lowest BCUT2D eigenvalue weighted by molar-refractivity contribution is -0.125. The van der Waals surface area contributed by atoms with Crippen LogP contribution >= 0.6 is 0 Å². The molecule has 2 fully saturated rings. The van der Waals surface area contributed by atoms with E-state index in [1.54, 1.807) is 0 Å². The third-order valence-corrected chi connectivity index (χ3v) is 5.61. The number of hydrogen-bond acceptors (Lipinski definition) is 2.